The van der Waals surface area contributed by atoms with Crippen LogP contribution in [-0.2, 0) is 11.2 Å². The van der Waals surface area contributed by atoms with Crippen LogP contribution in [0.15, 0.2) is 88.7 Å². The third-order valence-corrected chi connectivity index (χ3v) is 7.65. The lowest BCUT2D eigenvalue weighted by molar-refractivity contribution is -0.122. The molecule has 2 N–H and O–H groups in total. The van der Waals surface area contributed by atoms with Crippen molar-refractivity contribution in [2.75, 3.05) is 18.4 Å². The van der Waals surface area contributed by atoms with Crippen LogP contribution in [-0.4, -0.2) is 42.7 Å². The molecule has 3 heterocycles. The van der Waals surface area contributed by atoms with Gasteiger partial charge in [0.1, 0.15) is 15.8 Å². The number of thiocarbonyl (C=S) groups is 1. The summed E-state index contributed by atoms with van der Waals surface area (Å²) in [6, 6.07) is 22.8. The highest BCUT2D eigenvalue weighted by Crippen LogP contribution is 2.33. The van der Waals surface area contributed by atoms with E-state index in [0.29, 0.717) is 33.7 Å². The summed E-state index contributed by atoms with van der Waals surface area (Å²) in [6.45, 7) is 2.48. The first-order valence-corrected chi connectivity index (χ1v) is 13.4. The highest BCUT2D eigenvalue weighted by atomic mass is 32.2. The summed E-state index contributed by atoms with van der Waals surface area (Å²) in [7, 11) is 0. The number of aromatic nitrogens is 2. The van der Waals surface area contributed by atoms with Crippen LogP contribution >= 0.6 is 24.0 Å². The van der Waals surface area contributed by atoms with Gasteiger partial charge >= 0.3 is 0 Å². The Morgan fingerprint density at radius 2 is 1.76 bits per heavy atom. The largest absolute Gasteiger partial charge is 0.387 e. The molecule has 1 saturated heterocycles. The molecule has 0 radical (unpaired) electrons. The molecule has 4 aromatic rings. The Bertz CT molecular complexity index is 1590. The third kappa shape index (κ3) is 5.55. The Labute approximate surface area is 229 Å². The van der Waals surface area contributed by atoms with Crippen LogP contribution in [0.25, 0.3) is 11.7 Å². The van der Waals surface area contributed by atoms with Gasteiger partial charge in [-0.1, -0.05) is 90.7 Å². The highest BCUT2D eigenvalue weighted by Gasteiger charge is 2.32. The number of benzene rings is 2. The Balaban J connectivity index is 1.46. The molecule has 1 unspecified atom stereocenters. The molecule has 0 bridgehead atoms. The van der Waals surface area contributed by atoms with Crippen LogP contribution in [0.2, 0.25) is 0 Å². The first-order chi connectivity index (χ1) is 18.4. The zero-order valence-electron chi connectivity index (χ0n) is 20.7. The molecular formula is C29H26N4O3S2. The molecule has 2 aromatic heterocycles. The molecule has 0 saturated carbocycles. The number of pyridine rings is 1. The number of carbonyl (C=O) groups is 1. The van der Waals surface area contributed by atoms with Gasteiger partial charge in [0, 0.05) is 19.3 Å². The molecule has 1 amide bonds. The molecule has 192 valence electrons. The Morgan fingerprint density at radius 1 is 1.05 bits per heavy atom. The number of hydrogen-bond donors (Lipinski definition) is 2. The second kappa shape index (κ2) is 11.3. The predicted octanol–water partition coefficient (Wildman–Crippen LogP) is 4.59. The maximum Gasteiger partial charge on any atom is 0.267 e. The smallest absolute Gasteiger partial charge is 0.267 e. The van der Waals surface area contributed by atoms with Gasteiger partial charge in [-0.05, 0) is 42.2 Å². The third-order valence-electron chi connectivity index (χ3n) is 6.27. The molecule has 38 heavy (non-hydrogen) atoms. The van der Waals surface area contributed by atoms with Crippen LogP contribution in [0.4, 0.5) is 5.82 Å². The lowest BCUT2D eigenvalue weighted by Crippen LogP contribution is -2.30. The second-order valence-corrected chi connectivity index (χ2v) is 10.7. The van der Waals surface area contributed by atoms with Crippen LogP contribution in [0, 0.1) is 6.92 Å². The van der Waals surface area contributed by atoms with Crippen molar-refractivity contribution < 1.29 is 9.90 Å². The minimum absolute atomic E-state index is 0.136. The van der Waals surface area contributed by atoms with E-state index in [1.165, 1.54) is 16.2 Å². The van der Waals surface area contributed by atoms with Crippen molar-refractivity contribution in [3.63, 3.8) is 0 Å². The lowest BCUT2D eigenvalue weighted by atomic mass is 10.1. The van der Waals surface area contributed by atoms with E-state index >= 15 is 0 Å². The van der Waals surface area contributed by atoms with E-state index < -0.39 is 6.10 Å². The predicted molar refractivity (Wildman–Crippen MR) is 156 cm³/mol. The molecule has 1 fully saturated rings. The van der Waals surface area contributed by atoms with Gasteiger partial charge in [0.05, 0.1) is 16.6 Å². The van der Waals surface area contributed by atoms with Crippen LogP contribution in [0.3, 0.4) is 0 Å². The van der Waals surface area contributed by atoms with Gasteiger partial charge in [-0.15, -0.1) is 0 Å². The summed E-state index contributed by atoms with van der Waals surface area (Å²) in [5.41, 5.74) is 3.14. The molecule has 9 heteroatoms. The topological polar surface area (TPSA) is 86.9 Å². The summed E-state index contributed by atoms with van der Waals surface area (Å²) in [6.07, 6.45) is 3.14. The number of aryl methyl sites for hydroxylation is 1. The average Bonchev–Trinajstić information content (AvgIpc) is 3.20. The Morgan fingerprint density at radius 3 is 2.50 bits per heavy atom. The zero-order valence-corrected chi connectivity index (χ0v) is 22.3. The van der Waals surface area contributed by atoms with E-state index in [2.05, 4.69) is 10.3 Å². The van der Waals surface area contributed by atoms with Crippen molar-refractivity contribution in [2.24, 2.45) is 0 Å². The molecule has 7 nitrogen and oxygen atoms in total. The van der Waals surface area contributed by atoms with Gasteiger partial charge < -0.3 is 10.4 Å². The van der Waals surface area contributed by atoms with Gasteiger partial charge in [-0.25, -0.2) is 4.98 Å². The van der Waals surface area contributed by atoms with E-state index in [-0.39, 0.29) is 23.6 Å². The molecule has 0 aliphatic carbocycles. The lowest BCUT2D eigenvalue weighted by Gasteiger charge is -2.15. The van der Waals surface area contributed by atoms with Crippen molar-refractivity contribution in [1.29, 1.82) is 0 Å². The number of anilines is 1. The van der Waals surface area contributed by atoms with Gasteiger partial charge in [0.25, 0.3) is 11.5 Å². The first-order valence-electron chi connectivity index (χ1n) is 12.2. The molecule has 1 aliphatic rings. The number of nitrogens with zero attached hydrogens (tertiary/aromatic N) is 3. The van der Waals surface area contributed by atoms with Crippen molar-refractivity contribution >= 4 is 51.7 Å². The minimum Gasteiger partial charge on any atom is -0.387 e. The maximum atomic E-state index is 13.6. The number of aliphatic hydroxyl groups excluding tert-OH is 1. The SMILES string of the molecule is Cc1ccc2nc(NCC(O)c3ccccc3)c(/C=C3/SC(=S)N(CCc4ccccc4)C3=O)c(=O)n2c1. The Hall–Kier alpha value is -3.79. The zero-order chi connectivity index (χ0) is 26.6. The summed E-state index contributed by atoms with van der Waals surface area (Å²) in [4.78, 5) is 33.5. The summed E-state index contributed by atoms with van der Waals surface area (Å²) < 4.78 is 1.92. The van der Waals surface area contributed by atoms with Crippen LogP contribution in [0.1, 0.15) is 28.4 Å². The molecular weight excluding hydrogens is 516 g/mol. The van der Waals surface area contributed by atoms with Crippen LogP contribution in [0.5, 0.6) is 0 Å². The average molecular weight is 543 g/mol. The summed E-state index contributed by atoms with van der Waals surface area (Å²) >= 11 is 6.68. The molecule has 2 aromatic carbocycles. The number of rotatable bonds is 8. The molecule has 5 rings (SSSR count). The van der Waals surface area contributed by atoms with Crippen LogP contribution < -0.4 is 10.9 Å². The van der Waals surface area contributed by atoms with E-state index in [9.17, 15) is 14.7 Å². The minimum atomic E-state index is -0.807. The van der Waals surface area contributed by atoms with Crippen molar-refractivity contribution in [3.05, 3.63) is 117 Å². The number of carbonyl (C=O) groups excluding carboxylic acids is 1. The fourth-order valence-electron chi connectivity index (χ4n) is 4.22. The normalized spacial score (nSPS) is 15.4. The second-order valence-electron chi connectivity index (χ2n) is 8.99. The summed E-state index contributed by atoms with van der Waals surface area (Å²) in [5, 5.41) is 13.8. The highest BCUT2D eigenvalue weighted by molar-refractivity contribution is 8.26. The fourth-order valence-corrected chi connectivity index (χ4v) is 5.51. The number of hydrogen-bond acceptors (Lipinski definition) is 7. The van der Waals surface area contributed by atoms with Crippen molar-refractivity contribution in [3.8, 4) is 0 Å². The van der Waals surface area contributed by atoms with E-state index in [1.54, 1.807) is 23.2 Å². The first kappa shape index (κ1) is 25.8. The monoisotopic (exact) mass is 542 g/mol. The summed E-state index contributed by atoms with van der Waals surface area (Å²) in [5.74, 6) is 0.0586. The molecule has 1 atom stereocenters. The maximum absolute atomic E-state index is 13.6. The van der Waals surface area contributed by atoms with E-state index in [1.807, 2.05) is 73.7 Å². The standard InChI is InChI=1S/C29H26N4O3S2/c1-19-12-13-25-31-26(30-17-23(34)21-10-6-3-7-11-21)22(27(35)33(25)18-19)16-24-28(36)32(29(37)38-24)15-14-20-8-4-2-5-9-20/h2-13,16,18,23,30,34H,14-15,17H2,1H3/b24-16+. The molecule has 0 spiro atoms. The van der Waals surface area contributed by atoms with Gasteiger partial charge in [-0.3, -0.25) is 18.9 Å². The van der Waals surface area contributed by atoms with Gasteiger partial charge in [-0.2, -0.15) is 0 Å². The van der Waals surface area contributed by atoms with Gasteiger partial charge in [0.15, 0.2) is 0 Å². The quantitative estimate of drug-likeness (QED) is 0.249. The number of amides is 1. The number of fused-ring (bicyclic) bond motifs is 1. The fraction of sp³-hybridized carbons (Fsp3) is 0.172. The van der Waals surface area contributed by atoms with Gasteiger partial charge in [0.2, 0.25) is 0 Å². The molecule has 1 aliphatic heterocycles. The number of thioether (sulfide) groups is 1. The van der Waals surface area contributed by atoms with E-state index in [0.717, 1.165) is 16.7 Å². The Kier molecular flexibility index (Phi) is 7.69. The van der Waals surface area contributed by atoms with Crippen molar-refractivity contribution in [1.82, 2.24) is 14.3 Å². The number of nitrogens with one attached hydrogen (secondary N) is 1. The number of aliphatic hydroxyl groups is 1. The van der Waals surface area contributed by atoms with E-state index in [4.69, 9.17) is 12.2 Å². The van der Waals surface area contributed by atoms with Crippen molar-refractivity contribution in [2.45, 2.75) is 19.4 Å².